The summed E-state index contributed by atoms with van der Waals surface area (Å²) in [5, 5.41) is 2.70. The molecule has 0 fully saturated rings. The van der Waals surface area contributed by atoms with Gasteiger partial charge in [-0.2, -0.15) is 13.2 Å². The predicted molar refractivity (Wildman–Crippen MR) is 48.0 cm³/mol. The monoisotopic (exact) mass is 214 g/mol. The topological polar surface area (TPSA) is 47.3 Å². The molecule has 0 aromatic carbocycles. The molecule has 0 saturated carbocycles. The van der Waals surface area contributed by atoms with Crippen LogP contribution < -0.4 is 11.1 Å². The summed E-state index contributed by atoms with van der Waals surface area (Å²) in [7, 11) is 1.50. The quantitative estimate of drug-likeness (QED) is 0.690. The Kier molecular flexibility index (Phi) is 6.06. The molecule has 0 radical (unpaired) electrons. The van der Waals surface area contributed by atoms with E-state index in [0.29, 0.717) is 13.2 Å². The van der Waals surface area contributed by atoms with Gasteiger partial charge in [0, 0.05) is 25.7 Å². The first kappa shape index (κ1) is 13.7. The summed E-state index contributed by atoms with van der Waals surface area (Å²) in [6, 6.07) is -0.881. The Balaban J connectivity index is 3.58. The number of hydrogen-bond acceptors (Lipinski definition) is 3. The van der Waals surface area contributed by atoms with Crippen LogP contribution in [0.25, 0.3) is 0 Å². The molecule has 0 bridgehead atoms. The lowest BCUT2D eigenvalue weighted by molar-refractivity contribution is -0.139. The minimum Gasteiger partial charge on any atom is -0.383 e. The molecular formula is C8H17F3N2O. The molecule has 3 N–H and O–H groups in total. The zero-order chi connectivity index (χ0) is 11.2. The molecule has 0 heterocycles. The highest BCUT2D eigenvalue weighted by Gasteiger charge is 2.29. The number of hydrogen-bond donors (Lipinski definition) is 2. The lowest BCUT2D eigenvalue weighted by Gasteiger charge is -2.18. The van der Waals surface area contributed by atoms with Crippen LogP contribution in [0.1, 0.15) is 13.3 Å². The van der Waals surface area contributed by atoms with Crippen LogP contribution >= 0.6 is 0 Å². The Hall–Kier alpha value is -0.330. The molecule has 6 heteroatoms. The van der Waals surface area contributed by atoms with Gasteiger partial charge in [0.25, 0.3) is 0 Å². The van der Waals surface area contributed by atoms with Crippen molar-refractivity contribution >= 4 is 0 Å². The molecule has 0 amide bonds. The van der Waals surface area contributed by atoms with Gasteiger partial charge >= 0.3 is 6.18 Å². The third kappa shape index (κ3) is 8.28. The largest absolute Gasteiger partial charge is 0.390 e. The average molecular weight is 214 g/mol. The number of nitrogens with one attached hydrogen (secondary N) is 1. The summed E-state index contributed by atoms with van der Waals surface area (Å²) in [6.07, 6.45) is -4.97. The van der Waals surface area contributed by atoms with Crippen molar-refractivity contribution in [2.75, 3.05) is 20.3 Å². The zero-order valence-electron chi connectivity index (χ0n) is 8.40. The van der Waals surface area contributed by atoms with E-state index in [0.717, 1.165) is 0 Å². The lowest BCUT2D eigenvalue weighted by Crippen LogP contribution is -2.42. The van der Waals surface area contributed by atoms with Crippen LogP contribution in [0.15, 0.2) is 0 Å². The highest BCUT2D eigenvalue weighted by atomic mass is 19.4. The molecule has 14 heavy (non-hydrogen) atoms. The van der Waals surface area contributed by atoms with E-state index in [1.165, 1.54) is 14.0 Å². The van der Waals surface area contributed by atoms with Gasteiger partial charge in [0.1, 0.15) is 0 Å². The Labute approximate surface area is 81.8 Å². The molecule has 0 aliphatic heterocycles. The minimum atomic E-state index is -4.13. The van der Waals surface area contributed by atoms with E-state index in [2.05, 4.69) is 5.32 Å². The fourth-order valence-corrected chi connectivity index (χ4v) is 1.04. The predicted octanol–water partition coefficient (Wildman–Crippen LogP) is 0.891. The van der Waals surface area contributed by atoms with E-state index < -0.39 is 18.6 Å². The molecule has 3 nitrogen and oxygen atoms in total. The van der Waals surface area contributed by atoms with Crippen molar-refractivity contribution in [1.82, 2.24) is 5.32 Å². The Morgan fingerprint density at radius 2 is 2.00 bits per heavy atom. The van der Waals surface area contributed by atoms with Crippen molar-refractivity contribution in [3.05, 3.63) is 0 Å². The van der Waals surface area contributed by atoms with Gasteiger partial charge in [-0.25, -0.2) is 0 Å². The van der Waals surface area contributed by atoms with Crippen molar-refractivity contribution in [3.8, 4) is 0 Å². The fourth-order valence-electron chi connectivity index (χ4n) is 1.04. The molecule has 0 rings (SSSR count). The number of nitrogens with two attached hydrogens (primary N) is 1. The van der Waals surface area contributed by atoms with Crippen molar-refractivity contribution in [3.63, 3.8) is 0 Å². The molecule has 0 aromatic rings. The van der Waals surface area contributed by atoms with E-state index in [9.17, 15) is 13.2 Å². The molecule has 0 saturated heterocycles. The van der Waals surface area contributed by atoms with Crippen LogP contribution in [-0.4, -0.2) is 38.5 Å². The van der Waals surface area contributed by atoms with Gasteiger partial charge < -0.3 is 15.8 Å². The van der Waals surface area contributed by atoms with Gasteiger partial charge in [-0.15, -0.1) is 0 Å². The standard InChI is InChI=1S/C8H17F3N2O/c1-6(3-8(9,10)11)13-4-7(12)5-14-2/h6-7,13H,3-5,12H2,1-2H3. The van der Waals surface area contributed by atoms with Gasteiger partial charge in [-0.1, -0.05) is 0 Å². The zero-order valence-corrected chi connectivity index (χ0v) is 8.40. The Bertz CT molecular complexity index is 152. The summed E-state index contributed by atoms with van der Waals surface area (Å²) < 4.78 is 40.4. The molecule has 2 unspecified atom stereocenters. The first-order valence-corrected chi connectivity index (χ1v) is 4.40. The van der Waals surface area contributed by atoms with Crippen molar-refractivity contribution in [2.45, 2.75) is 31.6 Å². The minimum absolute atomic E-state index is 0.268. The summed E-state index contributed by atoms with van der Waals surface area (Å²) in [4.78, 5) is 0. The Morgan fingerprint density at radius 3 is 2.43 bits per heavy atom. The Morgan fingerprint density at radius 1 is 1.43 bits per heavy atom. The summed E-state index contributed by atoms with van der Waals surface area (Å²) in [5.74, 6) is 0. The second-order valence-corrected chi connectivity index (χ2v) is 3.34. The number of halogens is 3. The number of methoxy groups -OCH3 is 1. The van der Waals surface area contributed by atoms with Crippen molar-refractivity contribution < 1.29 is 17.9 Å². The molecule has 86 valence electrons. The first-order chi connectivity index (χ1) is 6.35. The van der Waals surface area contributed by atoms with Crippen molar-refractivity contribution in [1.29, 1.82) is 0 Å². The smallest absolute Gasteiger partial charge is 0.383 e. The molecule has 0 aliphatic rings. The second kappa shape index (κ2) is 6.21. The molecule has 0 spiro atoms. The maximum absolute atomic E-state index is 11.9. The van der Waals surface area contributed by atoms with E-state index in [4.69, 9.17) is 10.5 Å². The number of alkyl halides is 3. The van der Waals surface area contributed by atoms with Crippen LogP contribution in [0.3, 0.4) is 0 Å². The normalized spacial score (nSPS) is 16.7. The van der Waals surface area contributed by atoms with Gasteiger partial charge in [0.2, 0.25) is 0 Å². The van der Waals surface area contributed by atoms with E-state index in [1.807, 2.05) is 0 Å². The summed E-state index contributed by atoms with van der Waals surface area (Å²) in [6.45, 7) is 2.14. The number of ether oxygens (including phenoxy) is 1. The van der Waals surface area contributed by atoms with Gasteiger partial charge in [0.05, 0.1) is 13.0 Å². The van der Waals surface area contributed by atoms with Crippen LogP contribution in [0, 0.1) is 0 Å². The molecule has 0 aromatic heterocycles. The van der Waals surface area contributed by atoms with Crippen LogP contribution in [0.2, 0.25) is 0 Å². The third-order valence-electron chi connectivity index (χ3n) is 1.65. The molecule has 0 aliphatic carbocycles. The van der Waals surface area contributed by atoms with Crippen LogP contribution in [-0.2, 0) is 4.74 Å². The summed E-state index contributed by atoms with van der Waals surface area (Å²) in [5.41, 5.74) is 5.53. The number of rotatable bonds is 6. The molecular weight excluding hydrogens is 197 g/mol. The first-order valence-electron chi connectivity index (χ1n) is 4.40. The highest BCUT2D eigenvalue weighted by molar-refractivity contribution is 4.70. The highest BCUT2D eigenvalue weighted by Crippen LogP contribution is 2.21. The maximum atomic E-state index is 11.9. The second-order valence-electron chi connectivity index (χ2n) is 3.34. The van der Waals surface area contributed by atoms with Gasteiger partial charge in [-0.3, -0.25) is 0 Å². The van der Waals surface area contributed by atoms with Gasteiger partial charge in [0.15, 0.2) is 0 Å². The van der Waals surface area contributed by atoms with Crippen molar-refractivity contribution in [2.24, 2.45) is 5.73 Å². The van der Waals surface area contributed by atoms with E-state index >= 15 is 0 Å². The average Bonchev–Trinajstić information content (AvgIpc) is 1.98. The SMILES string of the molecule is COCC(N)CNC(C)CC(F)(F)F. The fraction of sp³-hybridized carbons (Fsp3) is 1.00. The van der Waals surface area contributed by atoms with E-state index in [-0.39, 0.29) is 6.04 Å². The van der Waals surface area contributed by atoms with Crippen LogP contribution in [0.5, 0.6) is 0 Å². The maximum Gasteiger partial charge on any atom is 0.390 e. The van der Waals surface area contributed by atoms with Crippen LogP contribution in [0.4, 0.5) is 13.2 Å². The summed E-state index contributed by atoms with van der Waals surface area (Å²) >= 11 is 0. The lowest BCUT2D eigenvalue weighted by atomic mass is 10.2. The van der Waals surface area contributed by atoms with Gasteiger partial charge in [-0.05, 0) is 6.92 Å². The molecule has 2 atom stereocenters. The third-order valence-corrected chi connectivity index (χ3v) is 1.65. The van der Waals surface area contributed by atoms with E-state index in [1.54, 1.807) is 0 Å².